The maximum Gasteiger partial charge on any atom is 0.306 e. The minimum Gasteiger partial charge on any atom is -0.492 e. The van der Waals surface area contributed by atoms with Gasteiger partial charge in [-0.05, 0) is 37.5 Å². The highest BCUT2D eigenvalue weighted by Crippen LogP contribution is 2.44. The van der Waals surface area contributed by atoms with Crippen LogP contribution >= 0.6 is 0 Å². The quantitative estimate of drug-likeness (QED) is 0.199. The third kappa shape index (κ3) is 6.59. The van der Waals surface area contributed by atoms with E-state index in [2.05, 4.69) is 0 Å². The zero-order valence-corrected chi connectivity index (χ0v) is 23.8. The number of halogens is 3. The number of carbonyl (C=O) groups excluding carboxylic acids is 1. The molecule has 0 bridgehead atoms. The fraction of sp³-hybridized carbons (Fsp3) is 0.367. The van der Waals surface area contributed by atoms with Crippen LogP contribution in [0.5, 0.6) is 28.7 Å². The summed E-state index contributed by atoms with van der Waals surface area (Å²) in [7, 11) is -1.89. The SMILES string of the molecule is COC(=O)CC1COc2cc(O[C@@H]3CCc4c(Oc5cc(F)c(OCCCS(C)(=O)=O)c(F)c5)ccc(F)c43)ccc21. The molecule has 8 nitrogen and oxygen atoms in total. The molecule has 3 aromatic rings. The Morgan fingerprint density at radius 3 is 2.50 bits per heavy atom. The number of carbonyl (C=O) groups is 1. The summed E-state index contributed by atoms with van der Waals surface area (Å²) in [4.78, 5) is 11.7. The van der Waals surface area contributed by atoms with Crippen molar-refractivity contribution in [3.8, 4) is 28.7 Å². The van der Waals surface area contributed by atoms with Crippen molar-refractivity contribution in [1.29, 1.82) is 0 Å². The van der Waals surface area contributed by atoms with Crippen molar-refractivity contribution in [2.45, 2.75) is 37.7 Å². The van der Waals surface area contributed by atoms with Gasteiger partial charge < -0.3 is 23.7 Å². The number of fused-ring (bicyclic) bond motifs is 2. The lowest BCUT2D eigenvalue weighted by atomic mass is 9.98. The Morgan fingerprint density at radius 1 is 1.02 bits per heavy atom. The number of rotatable bonds is 11. The van der Waals surface area contributed by atoms with Crippen LogP contribution in [0.25, 0.3) is 0 Å². The fourth-order valence-electron chi connectivity index (χ4n) is 5.16. The van der Waals surface area contributed by atoms with Crippen LogP contribution in [0.1, 0.15) is 48.0 Å². The molecule has 12 heteroatoms. The fourth-order valence-corrected chi connectivity index (χ4v) is 5.80. The second-order valence-corrected chi connectivity index (χ2v) is 12.5. The summed E-state index contributed by atoms with van der Waals surface area (Å²) < 4.78 is 94.3. The smallest absolute Gasteiger partial charge is 0.306 e. The van der Waals surface area contributed by atoms with E-state index in [1.807, 2.05) is 6.07 Å². The van der Waals surface area contributed by atoms with E-state index in [1.165, 1.54) is 19.2 Å². The second-order valence-electron chi connectivity index (χ2n) is 10.2. The van der Waals surface area contributed by atoms with Gasteiger partial charge in [0.1, 0.15) is 44.8 Å². The van der Waals surface area contributed by atoms with Crippen molar-refractivity contribution in [3.63, 3.8) is 0 Å². The molecule has 0 amide bonds. The zero-order valence-electron chi connectivity index (χ0n) is 23.0. The number of hydrogen-bond acceptors (Lipinski definition) is 8. The topological polar surface area (TPSA) is 97.4 Å². The Bertz CT molecular complexity index is 1590. The highest BCUT2D eigenvalue weighted by atomic mass is 32.2. The first kappa shape index (κ1) is 29.6. The average Bonchev–Trinajstić information content (AvgIpc) is 3.53. The summed E-state index contributed by atoms with van der Waals surface area (Å²) in [5, 5.41) is 0. The monoisotopic (exact) mass is 606 g/mol. The van der Waals surface area contributed by atoms with Crippen LogP contribution in [0.3, 0.4) is 0 Å². The molecule has 0 N–H and O–H groups in total. The van der Waals surface area contributed by atoms with Crippen LogP contribution in [-0.2, 0) is 25.8 Å². The molecule has 1 aliphatic heterocycles. The molecule has 0 radical (unpaired) electrons. The maximum atomic E-state index is 15.0. The van der Waals surface area contributed by atoms with Crippen LogP contribution in [0.2, 0.25) is 0 Å². The molecule has 1 heterocycles. The molecule has 0 fully saturated rings. The number of hydrogen-bond donors (Lipinski definition) is 0. The summed E-state index contributed by atoms with van der Waals surface area (Å²) in [5.41, 5.74) is 1.69. The van der Waals surface area contributed by atoms with Crippen molar-refractivity contribution >= 4 is 15.8 Å². The number of methoxy groups -OCH3 is 1. The molecule has 1 unspecified atom stereocenters. The molecule has 0 spiro atoms. The number of sulfone groups is 1. The molecule has 224 valence electrons. The molecule has 1 aliphatic carbocycles. The van der Waals surface area contributed by atoms with E-state index in [4.69, 9.17) is 23.7 Å². The van der Waals surface area contributed by atoms with Gasteiger partial charge in [-0.25, -0.2) is 21.6 Å². The van der Waals surface area contributed by atoms with Crippen molar-refractivity contribution in [2.24, 2.45) is 0 Å². The van der Waals surface area contributed by atoms with Gasteiger partial charge >= 0.3 is 5.97 Å². The van der Waals surface area contributed by atoms with E-state index >= 15 is 4.39 Å². The van der Waals surface area contributed by atoms with Gasteiger partial charge in [-0.2, -0.15) is 0 Å². The molecule has 0 aromatic heterocycles. The van der Waals surface area contributed by atoms with Crippen LogP contribution in [-0.4, -0.2) is 46.7 Å². The van der Waals surface area contributed by atoms with E-state index in [0.29, 0.717) is 42.1 Å². The lowest BCUT2D eigenvalue weighted by molar-refractivity contribution is -0.141. The lowest BCUT2D eigenvalue weighted by Crippen LogP contribution is -2.09. The van der Waals surface area contributed by atoms with Crippen molar-refractivity contribution < 1.29 is 50.1 Å². The predicted octanol–water partition coefficient (Wildman–Crippen LogP) is 5.82. The van der Waals surface area contributed by atoms with Crippen LogP contribution in [0, 0.1) is 17.5 Å². The largest absolute Gasteiger partial charge is 0.492 e. The van der Waals surface area contributed by atoms with Crippen LogP contribution in [0.15, 0.2) is 42.5 Å². The average molecular weight is 607 g/mol. The Morgan fingerprint density at radius 2 is 1.79 bits per heavy atom. The molecule has 0 saturated carbocycles. The van der Waals surface area contributed by atoms with E-state index in [1.54, 1.807) is 12.1 Å². The Hall–Kier alpha value is -3.93. The Kier molecular flexibility index (Phi) is 8.53. The van der Waals surface area contributed by atoms with Gasteiger partial charge in [0, 0.05) is 47.1 Å². The molecule has 2 aliphatic rings. The maximum absolute atomic E-state index is 15.0. The van der Waals surface area contributed by atoms with Gasteiger partial charge in [0.2, 0.25) is 0 Å². The highest BCUT2D eigenvalue weighted by molar-refractivity contribution is 7.90. The second kappa shape index (κ2) is 12.1. The standard InChI is InChI=1S/C30H29F3O8S/c1-37-28(34)12-17-16-39-27-15-18(4-5-20(17)27)40-26-8-6-21-25(9-7-22(31)29(21)26)41-19-13-23(32)30(24(33)14-19)38-10-3-11-42(2,35)36/h4-5,7,9,13-15,17,26H,3,6,8,10-12,16H2,1-2H3/t17?,26-/m1/s1. The van der Waals surface area contributed by atoms with Gasteiger partial charge in [-0.15, -0.1) is 0 Å². The first-order valence-corrected chi connectivity index (χ1v) is 15.4. The van der Waals surface area contributed by atoms with E-state index < -0.39 is 39.1 Å². The first-order chi connectivity index (χ1) is 20.0. The van der Waals surface area contributed by atoms with Crippen LogP contribution < -0.4 is 18.9 Å². The third-order valence-corrected chi connectivity index (χ3v) is 8.16. The van der Waals surface area contributed by atoms with Crippen molar-refractivity contribution in [2.75, 3.05) is 32.3 Å². The highest BCUT2D eigenvalue weighted by Gasteiger charge is 2.32. The number of esters is 1. The first-order valence-electron chi connectivity index (χ1n) is 13.3. The summed E-state index contributed by atoms with van der Waals surface area (Å²) in [5.74, 6) is -2.65. The molecule has 3 aromatic carbocycles. The van der Waals surface area contributed by atoms with Crippen molar-refractivity contribution in [3.05, 3.63) is 76.6 Å². The Labute approximate surface area is 241 Å². The molecule has 0 saturated heterocycles. The minimum atomic E-state index is -3.22. The summed E-state index contributed by atoms with van der Waals surface area (Å²) in [6, 6.07) is 9.78. The predicted molar refractivity (Wildman–Crippen MR) is 146 cm³/mol. The zero-order chi connectivity index (χ0) is 30.0. The van der Waals surface area contributed by atoms with Crippen LogP contribution in [0.4, 0.5) is 13.2 Å². The number of benzene rings is 3. The van der Waals surface area contributed by atoms with E-state index in [9.17, 15) is 22.0 Å². The van der Waals surface area contributed by atoms with Gasteiger partial charge in [0.05, 0.1) is 32.5 Å². The van der Waals surface area contributed by atoms with Crippen molar-refractivity contribution in [1.82, 2.24) is 0 Å². The third-order valence-electron chi connectivity index (χ3n) is 7.13. The molecule has 2 atom stereocenters. The Balaban J connectivity index is 1.29. The summed E-state index contributed by atoms with van der Waals surface area (Å²) >= 11 is 0. The van der Waals surface area contributed by atoms with Gasteiger partial charge in [0.25, 0.3) is 0 Å². The number of ether oxygens (including phenoxy) is 5. The molecular formula is C30H29F3O8S. The summed E-state index contributed by atoms with van der Waals surface area (Å²) in [6.07, 6.45) is 1.55. The van der Waals surface area contributed by atoms with E-state index in [-0.39, 0.29) is 48.6 Å². The van der Waals surface area contributed by atoms with E-state index in [0.717, 1.165) is 24.0 Å². The van der Waals surface area contributed by atoms with Gasteiger partial charge in [0.15, 0.2) is 17.4 Å². The minimum absolute atomic E-state index is 0.0787. The molecule has 5 rings (SSSR count). The summed E-state index contributed by atoms with van der Waals surface area (Å²) in [6.45, 7) is 0.158. The molecular weight excluding hydrogens is 577 g/mol. The van der Waals surface area contributed by atoms with Gasteiger partial charge in [-0.1, -0.05) is 6.07 Å². The molecule has 42 heavy (non-hydrogen) atoms. The normalized spacial score (nSPS) is 17.3. The van der Waals surface area contributed by atoms with Gasteiger partial charge in [-0.3, -0.25) is 4.79 Å². The lowest BCUT2D eigenvalue weighted by Gasteiger charge is -2.17.